The van der Waals surface area contributed by atoms with Gasteiger partial charge in [0.25, 0.3) is 10.2 Å². The molecule has 1 aromatic rings. The van der Waals surface area contributed by atoms with Gasteiger partial charge in [-0.05, 0) is 24.1 Å². The van der Waals surface area contributed by atoms with Crippen LogP contribution in [0.3, 0.4) is 0 Å². The van der Waals surface area contributed by atoms with Crippen molar-refractivity contribution in [2.45, 2.75) is 13.8 Å². The van der Waals surface area contributed by atoms with Crippen molar-refractivity contribution in [3.8, 4) is 6.07 Å². The minimum Gasteiger partial charge on any atom is -0.270 e. The van der Waals surface area contributed by atoms with Crippen molar-refractivity contribution in [2.24, 2.45) is 5.92 Å². The SMILES string of the molecule is CC(C)CNS(=O)(=O)Nc1ccc(F)cc1C#N. The number of nitrogens with zero attached hydrogens (tertiary/aromatic N) is 1. The molecule has 5 nitrogen and oxygen atoms in total. The normalized spacial score (nSPS) is 11.3. The maximum absolute atomic E-state index is 12.9. The highest BCUT2D eigenvalue weighted by Crippen LogP contribution is 2.16. The van der Waals surface area contributed by atoms with Crippen LogP contribution in [0.25, 0.3) is 0 Å². The van der Waals surface area contributed by atoms with Gasteiger partial charge in [0.05, 0.1) is 11.3 Å². The first kappa shape index (κ1) is 14.4. The summed E-state index contributed by atoms with van der Waals surface area (Å²) in [6.07, 6.45) is 0. The van der Waals surface area contributed by atoms with Crippen LogP contribution < -0.4 is 9.44 Å². The number of anilines is 1. The molecule has 2 N–H and O–H groups in total. The molecule has 1 aromatic carbocycles. The van der Waals surface area contributed by atoms with Crippen molar-refractivity contribution in [2.75, 3.05) is 11.3 Å². The number of nitriles is 1. The summed E-state index contributed by atoms with van der Waals surface area (Å²) in [5.41, 5.74) is -0.0138. The summed E-state index contributed by atoms with van der Waals surface area (Å²) in [6, 6.07) is 5.00. The topological polar surface area (TPSA) is 82.0 Å². The molecule has 18 heavy (non-hydrogen) atoms. The summed E-state index contributed by atoms with van der Waals surface area (Å²) in [4.78, 5) is 0. The third kappa shape index (κ3) is 4.31. The van der Waals surface area contributed by atoms with Gasteiger partial charge in [-0.25, -0.2) is 4.39 Å². The van der Waals surface area contributed by atoms with Crippen LogP contribution in [0.15, 0.2) is 18.2 Å². The van der Waals surface area contributed by atoms with Gasteiger partial charge in [0.2, 0.25) is 0 Å². The fraction of sp³-hybridized carbons (Fsp3) is 0.364. The number of hydrogen-bond acceptors (Lipinski definition) is 3. The zero-order valence-corrected chi connectivity index (χ0v) is 10.9. The fourth-order valence-electron chi connectivity index (χ4n) is 1.16. The summed E-state index contributed by atoms with van der Waals surface area (Å²) >= 11 is 0. The van der Waals surface area contributed by atoms with Gasteiger partial charge in [0.1, 0.15) is 11.9 Å². The molecule has 0 radical (unpaired) electrons. The highest BCUT2D eigenvalue weighted by atomic mass is 32.2. The van der Waals surface area contributed by atoms with Gasteiger partial charge >= 0.3 is 0 Å². The quantitative estimate of drug-likeness (QED) is 0.853. The van der Waals surface area contributed by atoms with Crippen LogP contribution >= 0.6 is 0 Å². The molecule has 0 heterocycles. The molecule has 0 atom stereocenters. The fourth-order valence-corrected chi connectivity index (χ4v) is 2.25. The molecule has 0 amide bonds. The lowest BCUT2D eigenvalue weighted by molar-refractivity contribution is 0.565. The van der Waals surface area contributed by atoms with Crippen LogP contribution in [0, 0.1) is 23.1 Å². The van der Waals surface area contributed by atoms with E-state index >= 15 is 0 Å². The van der Waals surface area contributed by atoms with Crippen LogP contribution in [0.4, 0.5) is 10.1 Å². The monoisotopic (exact) mass is 271 g/mol. The van der Waals surface area contributed by atoms with E-state index in [1.807, 2.05) is 13.8 Å². The van der Waals surface area contributed by atoms with E-state index in [-0.39, 0.29) is 23.7 Å². The zero-order chi connectivity index (χ0) is 13.8. The molecule has 0 aliphatic heterocycles. The van der Waals surface area contributed by atoms with Crippen LogP contribution in [-0.4, -0.2) is 15.0 Å². The van der Waals surface area contributed by atoms with Gasteiger partial charge in [-0.2, -0.15) is 18.4 Å². The second kappa shape index (κ2) is 5.80. The van der Waals surface area contributed by atoms with Crippen LogP contribution in [0.2, 0.25) is 0 Å². The molecule has 0 fully saturated rings. The number of halogens is 1. The van der Waals surface area contributed by atoms with E-state index in [0.717, 1.165) is 12.1 Å². The molecule has 98 valence electrons. The van der Waals surface area contributed by atoms with Crippen molar-refractivity contribution >= 4 is 15.9 Å². The first-order chi connectivity index (χ1) is 8.34. The predicted octanol–water partition coefficient (Wildman–Crippen LogP) is 1.60. The molecule has 0 saturated heterocycles. The zero-order valence-electron chi connectivity index (χ0n) is 10.1. The van der Waals surface area contributed by atoms with E-state index in [9.17, 15) is 12.8 Å². The molecule has 1 rings (SSSR count). The Bertz CT molecular complexity index is 564. The molecular formula is C11H14FN3O2S. The summed E-state index contributed by atoms with van der Waals surface area (Å²) in [7, 11) is -3.75. The minimum atomic E-state index is -3.75. The van der Waals surface area contributed by atoms with E-state index < -0.39 is 16.0 Å². The Morgan fingerprint density at radius 1 is 1.44 bits per heavy atom. The van der Waals surface area contributed by atoms with E-state index in [2.05, 4.69) is 9.44 Å². The largest absolute Gasteiger partial charge is 0.299 e. The van der Waals surface area contributed by atoms with E-state index in [1.54, 1.807) is 6.07 Å². The molecule has 7 heteroatoms. The Morgan fingerprint density at radius 3 is 2.67 bits per heavy atom. The van der Waals surface area contributed by atoms with E-state index in [0.29, 0.717) is 0 Å². The third-order valence-electron chi connectivity index (χ3n) is 2.03. The van der Waals surface area contributed by atoms with Gasteiger partial charge in [0, 0.05) is 6.54 Å². The van der Waals surface area contributed by atoms with Gasteiger partial charge in [-0.3, -0.25) is 4.72 Å². The van der Waals surface area contributed by atoms with E-state index in [1.165, 1.54) is 6.07 Å². The van der Waals surface area contributed by atoms with Crippen LogP contribution in [0.5, 0.6) is 0 Å². The van der Waals surface area contributed by atoms with Crippen molar-refractivity contribution < 1.29 is 12.8 Å². The lowest BCUT2D eigenvalue weighted by atomic mass is 10.2. The Hall–Kier alpha value is -1.65. The first-order valence-corrected chi connectivity index (χ1v) is 6.79. The molecule has 0 aliphatic rings. The van der Waals surface area contributed by atoms with Gasteiger partial charge < -0.3 is 0 Å². The summed E-state index contributed by atoms with van der Waals surface area (Å²) in [5, 5.41) is 8.79. The standard InChI is InChI=1S/C11H14FN3O2S/c1-8(2)7-14-18(16,17)15-11-4-3-10(12)5-9(11)6-13/h3-5,8,14-15H,7H2,1-2H3. The van der Waals surface area contributed by atoms with Crippen molar-refractivity contribution in [3.05, 3.63) is 29.6 Å². The van der Waals surface area contributed by atoms with Gasteiger partial charge in [-0.1, -0.05) is 13.8 Å². The highest BCUT2D eigenvalue weighted by Gasteiger charge is 2.13. The van der Waals surface area contributed by atoms with Crippen molar-refractivity contribution in [1.82, 2.24) is 4.72 Å². The smallest absolute Gasteiger partial charge is 0.270 e. The molecule has 0 bridgehead atoms. The minimum absolute atomic E-state index is 0.0511. The summed E-state index contributed by atoms with van der Waals surface area (Å²) < 4.78 is 40.7. The lowest BCUT2D eigenvalue weighted by Gasteiger charge is -2.11. The van der Waals surface area contributed by atoms with E-state index in [4.69, 9.17) is 5.26 Å². The Morgan fingerprint density at radius 2 is 2.11 bits per heavy atom. The molecule has 0 unspecified atom stereocenters. The third-order valence-corrected chi connectivity index (χ3v) is 3.06. The Labute approximate surface area is 106 Å². The first-order valence-electron chi connectivity index (χ1n) is 5.31. The molecular weight excluding hydrogens is 257 g/mol. The molecule has 0 spiro atoms. The Balaban J connectivity index is 2.88. The lowest BCUT2D eigenvalue weighted by Crippen LogP contribution is -2.33. The molecule has 0 saturated carbocycles. The maximum atomic E-state index is 12.9. The second-order valence-corrected chi connectivity index (χ2v) is 5.65. The predicted molar refractivity (Wildman–Crippen MR) is 66.5 cm³/mol. The van der Waals surface area contributed by atoms with Gasteiger partial charge in [-0.15, -0.1) is 0 Å². The number of benzene rings is 1. The highest BCUT2D eigenvalue weighted by molar-refractivity contribution is 7.90. The van der Waals surface area contributed by atoms with Crippen molar-refractivity contribution in [3.63, 3.8) is 0 Å². The average Bonchev–Trinajstić information content (AvgIpc) is 2.29. The van der Waals surface area contributed by atoms with Gasteiger partial charge in [0.15, 0.2) is 0 Å². The second-order valence-electron chi connectivity index (χ2n) is 4.15. The Kier molecular flexibility index (Phi) is 4.64. The summed E-state index contributed by atoms with van der Waals surface area (Å²) in [6.45, 7) is 4.00. The van der Waals surface area contributed by atoms with Crippen molar-refractivity contribution in [1.29, 1.82) is 5.26 Å². The molecule has 0 aliphatic carbocycles. The summed E-state index contributed by atoms with van der Waals surface area (Å²) in [5.74, 6) is -0.435. The average molecular weight is 271 g/mol. The van der Waals surface area contributed by atoms with Crippen LogP contribution in [-0.2, 0) is 10.2 Å². The number of rotatable bonds is 5. The maximum Gasteiger partial charge on any atom is 0.299 e. The number of hydrogen-bond donors (Lipinski definition) is 2. The van der Waals surface area contributed by atoms with Crippen LogP contribution in [0.1, 0.15) is 19.4 Å². The molecule has 0 aromatic heterocycles. The number of nitrogens with one attached hydrogen (secondary N) is 2.